The van der Waals surface area contributed by atoms with Gasteiger partial charge in [-0.2, -0.15) is 0 Å². The van der Waals surface area contributed by atoms with Gasteiger partial charge >= 0.3 is 5.97 Å². The Morgan fingerprint density at radius 2 is 2.25 bits per heavy atom. The van der Waals surface area contributed by atoms with Crippen molar-refractivity contribution in [3.63, 3.8) is 0 Å². The van der Waals surface area contributed by atoms with Crippen LogP contribution in [0.5, 0.6) is 0 Å². The number of aromatic carboxylic acids is 1. The van der Waals surface area contributed by atoms with Gasteiger partial charge in [-0.25, -0.2) is 9.78 Å². The molecule has 0 fully saturated rings. The molecule has 0 unspecified atom stereocenters. The number of carbonyl (C=O) groups is 1. The quantitative estimate of drug-likeness (QED) is 0.830. The van der Waals surface area contributed by atoms with Crippen LogP contribution in [0.1, 0.15) is 30.8 Å². The molecular formula is C12H18N2O2. The molecule has 1 heterocycles. The largest absolute Gasteiger partial charge is 0.477 e. The van der Waals surface area contributed by atoms with Gasteiger partial charge in [-0.15, -0.1) is 0 Å². The SMILES string of the molecule is CC(C)CCN(C)c1ccnc(C(=O)O)c1. The van der Waals surface area contributed by atoms with Gasteiger partial charge in [0.25, 0.3) is 0 Å². The molecular weight excluding hydrogens is 204 g/mol. The zero-order chi connectivity index (χ0) is 12.1. The van der Waals surface area contributed by atoms with Gasteiger partial charge in [-0.3, -0.25) is 0 Å². The number of rotatable bonds is 5. The molecule has 0 atom stereocenters. The van der Waals surface area contributed by atoms with E-state index in [-0.39, 0.29) is 5.69 Å². The first kappa shape index (κ1) is 12.5. The summed E-state index contributed by atoms with van der Waals surface area (Å²) in [5.41, 5.74) is 0.988. The first-order valence-corrected chi connectivity index (χ1v) is 5.41. The average Bonchev–Trinajstić information content (AvgIpc) is 2.26. The van der Waals surface area contributed by atoms with E-state index in [1.54, 1.807) is 6.07 Å². The number of pyridine rings is 1. The molecule has 4 heteroatoms. The van der Waals surface area contributed by atoms with Crippen molar-refractivity contribution in [1.82, 2.24) is 4.98 Å². The summed E-state index contributed by atoms with van der Waals surface area (Å²) in [5.74, 6) is -0.345. The summed E-state index contributed by atoms with van der Waals surface area (Å²) in [4.78, 5) is 16.6. The third kappa shape index (κ3) is 3.53. The van der Waals surface area contributed by atoms with E-state index < -0.39 is 5.97 Å². The van der Waals surface area contributed by atoms with Crippen LogP contribution < -0.4 is 4.90 Å². The Labute approximate surface area is 95.9 Å². The lowest BCUT2D eigenvalue weighted by molar-refractivity contribution is 0.0690. The van der Waals surface area contributed by atoms with Gasteiger partial charge in [-0.1, -0.05) is 13.8 Å². The molecule has 0 radical (unpaired) electrons. The highest BCUT2D eigenvalue weighted by Gasteiger charge is 2.08. The third-order valence-electron chi connectivity index (χ3n) is 2.45. The Kier molecular flexibility index (Phi) is 4.28. The van der Waals surface area contributed by atoms with Crippen LogP contribution in [0.25, 0.3) is 0 Å². The number of carboxylic acids is 1. The minimum atomic E-state index is -0.987. The molecule has 0 bridgehead atoms. The second-order valence-corrected chi connectivity index (χ2v) is 4.31. The molecule has 0 amide bonds. The molecule has 0 saturated heterocycles. The van der Waals surface area contributed by atoms with Crippen LogP contribution in [-0.4, -0.2) is 29.7 Å². The number of carboxylic acid groups (broad SMARTS) is 1. The highest BCUT2D eigenvalue weighted by molar-refractivity contribution is 5.86. The second-order valence-electron chi connectivity index (χ2n) is 4.31. The smallest absolute Gasteiger partial charge is 0.354 e. The summed E-state index contributed by atoms with van der Waals surface area (Å²) in [5, 5.41) is 8.83. The zero-order valence-corrected chi connectivity index (χ0v) is 9.97. The van der Waals surface area contributed by atoms with Crippen molar-refractivity contribution in [3.8, 4) is 0 Å². The molecule has 1 aromatic heterocycles. The summed E-state index contributed by atoms with van der Waals surface area (Å²) in [7, 11) is 1.96. The fourth-order valence-electron chi connectivity index (χ4n) is 1.35. The van der Waals surface area contributed by atoms with Gasteiger partial charge in [0.05, 0.1) is 0 Å². The summed E-state index contributed by atoms with van der Waals surface area (Å²) in [6.07, 6.45) is 2.62. The molecule has 16 heavy (non-hydrogen) atoms. The maximum atomic E-state index is 10.8. The van der Waals surface area contributed by atoms with Crippen molar-refractivity contribution >= 4 is 11.7 Å². The molecule has 4 nitrogen and oxygen atoms in total. The molecule has 0 aliphatic rings. The van der Waals surface area contributed by atoms with E-state index in [1.165, 1.54) is 6.20 Å². The Morgan fingerprint density at radius 1 is 1.56 bits per heavy atom. The van der Waals surface area contributed by atoms with E-state index >= 15 is 0 Å². The second kappa shape index (κ2) is 5.49. The van der Waals surface area contributed by atoms with E-state index in [4.69, 9.17) is 5.11 Å². The number of hydrogen-bond donors (Lipinski definition) is 1. The minimum absolute atomic E-state index is 0.0916. The molecule has 0 aliphatic carbocycles. The van der Waals surface area contributed by atoms with E-state index in [0.717, 1.165) is 18.7 Å². The van der Waals surface area contributed by atoms with E-state index in [0.29, 0.717) is 5.92 Å². The molecule has 0 aliphatic heterocycles. The highest BCUT2D eigenvalue weighted by Crippen LogP contribution is 2.14. The maximum Gasteiger partial charge on any atom is 0.354 e. The fourth-order valence-corrected chi connectivity index (χ4v) is 1.35. The number of hydrogen-bond acceptors (Lipinski definition) is 3. The van der Waals surface area contributed by atoms with E-state index in [1.807, 2.05) is 18.0 Å². The fraction of sp³-hybridized carbons (Fsp3) is 0.500. The predicted molar refractivity (Wildman–Crippen MR) is 63.9 cm³/mol. The molecule has 1 aromatic rings. The minimum Gasteiger partial charge on any atom is -0.477 e. The van der Waals surface area contributed by atoms with Crippen molar-refractivity contribution in [2.24, 2.45) is 5.92 Å². The topological polar surface area (TPSA) is 53.4 Å². The predicted octanol–water partition coefficient (Wildman–Crippen LogP) is 2.26. The van der Waals surface area contributed by atoms with Gasteiger partial charge in [0.15, 0.2) is 0 Å². The molecule has 1 rings (SSSR count). The normalized spacial score (nSPS) is 10.5. The monoisotopic (exact) mass is 222 g/mol. The molecule has 0 aromatic carbocycles. The van der Waals surface area contributed by atoms with Gasteiger partial charge in [0.2, 0.25) is 0 Å². The summed E-state index contributed by atoms with van der Waals surface area (Å²) in [6.45, 7) is 5.26. The lowest BCUT2D eigenvalue weighted by atomic mass is 10.1. The zero-order valence-electron chi connectivity index (χ0n) is 9.97. The standard InChI is InChI=1S/C12H18N2O2/c1-9(2)5-7-14(3)10-4-6-13-11(8-10)12(15)16/h4,6,8-9H,5,7H2,1-3H3,(H,15,16). The first-order chi connectivity index (χ1) is 7.50. The molecule has 88 valence electrons. The van der Waals surface area contributed by atoms with Gasteiger partial charge in [0, 0.05) is 25.5 Å². The lowest BCUT2D eigenvalue weighted by Gasteiger charge is -2.20. The number of aromatic nitrogens is 1. The lowest BCUT2D eigenvalue weighted by Crippen LogP contribution is -2.20. The number of anilines is 1. The Morgan fingerprint density at radius 3 is 2.81 bits per heavy atom. The Bertz CT molecular complexity index is 364. The van der Waals surface area contributed by atoms with Crippen molar-refractivity contribution < 1.29 is 9.90 Å². The third-order valence-corrected chi connectivity index (χ3v) is 2.45. The van der Waals surface area contributed by atoms with Crippen LogP contribution in [0.4, 0.5) is 5.69 Å². The van der Waals surface area contributed by atoms with Crippen molar-refractivity contribution in [3.05, 3.63) is 24.0 Å². The Hall–Kier alpha value is -1.58. The van der Waals surface area contributed by atoms with Crippen LogP contribution in [0, 0.1) is 5.92 Å². The van der Waals surface area contributed by atoms with Crippen LogP contribution in [0.15, 0.2) is 18.3 Å². The first-order valence-electron chi connectivity index (χ1n) is 5.41. The summed E-state index contributed by atoms with van der Waals surface area (Å²) < 4.78 is 0. The average molecular weight is 222 g/mol. The van der Waals surface area contributed by atoms with Crippen LogP contribution in [-0.2, 0) is 0 Å². The number of nitrogens with zero attached hydrogens (tertiary/aromatic N) is 2. The van der Waals surface area contributed by atoms with Crippen LogP contribution in [0.3, 0.4) is 0 Å². The molecule has 1 N–H and O–H groups in total. The van der Waals surface area contributed by atoms with Crippen molar-refractivity contribution in [2.75, 3.05) is 18.5 Å². The van der Waals surface area contributed by atoms with Crippen molar-refractivity contribution in [1.29, 1.82) is 0 Å². The van der Waals surface area contributed by atoms with E-state index in [2.05, 4.69) is 18.8 Å². The Balaban J connectivity index is 2.71. The van der Waals surface area contributed by atoms with Crippen molar-refractivity contribution in [2.45, 2.75) is 20.3 Å². The van der Waals surface area contributed by atoms with Crippen LogP contribution in [0.2, 0.25) is 0 Å². The summed E-state index contributed by atoms with van der Waals surface area (Å²) in [6, 6.07) is 3.43. The molecule has 0 saturated carbocycles. The molecule has 0 spiro atoms. The van der Waals surface area contributed by atoms with Gasteiger partial charge in [0.1, 0.15) is 5.69 Å². The maximum absolute atomic E-state index is 10.8. The summed E-state index contributed by atoms with van der Waals surface area (Å²) >= 11 is 0. The van der Waals surface area contributed by atoms with Gasteiger partial charge < -0.3 is 10.0 Å². The highest BCUT2D eigenvalue weighted by atomic mass is 16.4. The van der Waals surface area contributed by atoms with Crippen LogP contribution >= 0.6 is 0 Å². The van der Waals surface area contributed by atoms with E-state index in [9.17, 15) is 4.79 Å². The van der Waals surface area contributed by atoms with Gasteiger partial charge in [-0.05, 0) is 24.5 Å².